The summed E-state index contributed by atoms with van der Waals surface area (Å²) in [7, 11) is 1.43. The normalized spacial score (nSPS) is 18.5. The van der Waals surface area contributed by atoms with Crippen molar-refractivity contribution in [1.82, 2.24) is 10.2 Å². The lowest BCUT2D eigenvalue weighted by atomic mass is 9.87. The van der Waals surface area contributed by atoms with E-state index in [4.69, 9.17) is 32.7 Å². The third-order valence-electron chi connectivity index (χ3n) is 6.38. The molecule has 0 spiro atoms. The lowest BCUT2D eigenvalue weighted by Crippen LogP contribution is -2.54. The van der Waals surface area contributed by atoms with Crippen molar-refractivity contribution in [3.05, 3.63) is 66.7 Å². The van der Waals surface area contributed by atoms with Crippen molar-refractivity contribution in [2.24, 2.45) is 0 Å². The summed E-state index contributed by atoms with van der Waals surface area (Å²) in [6.07, 6.45) is 0.769. The van der Waals surface area contributed by atoms with Crippen molar-refractivity contribution in [3.8, 4) is 11.5 Å². The highest BCUT2D eigenvalue weighted by molar-refractivity contribution is 14.1. The second-order valence-electron chi connectivity index (χ2n) is 9.19. The number of hydrogen-bond acceptors (Lipinski definition) is 7. The van der Waals surface area contributed by atoms with Crippen LogP contribution in [-0.2, 0) is 16.1 Å². The van der Waals surface area contributed by atoms with Crippen LogP contribution < -0.4 is 14.8 Å². The molecule has 2 aromatic carbocycles. The van der Waals surface area contributed by atoms with Gasteiger partial charge < -0.3 is 29.9 Å². The van der Waals surface area contributed by atoms with E-state index in [1.807, 2.05) is 29.5 Å². The van der Waals surface area contributed by atoms with Gasteiger partial charge in [-0.1, -0.05) is 36.2 Å². The summed E-state index contributed by atoms with van der Waals surface area (Å²) < 4.78 is 12.2. The number of hydrogen-bond donors (Lipinski definition) is 3. The molecule has 216 valence electrons. The molecule has 0 aromatic heterocycles. The van der Waals surface area contributed by atoms with Crippen LogP contribution in [-0.4, -0.2) is 71.7 Å². The van der Waals surface area contributed by atoms with Crippen LogP contribution in [0.5, 0.6) is 11.5 Å². The molecule has 2 aromatic rings. The van der Waals surface area contributed by atoms with Gasteiger partial charge in [0.25, 0.3) is 0 Å². The monoisotopic (exact) mass is 704 g/mol. The Morgan fingerprint density at radius 3 is 2.60 bits per heavy atom. The van der Waals surface area contributed by atoms with E-state index in [1.54, 1.807) is 24.3 Å². The van der Waals surface area contributed by atoms with Gasteiger partial charge >= 0.3 is 0 Å². The molecule has 12 heteroatoms. The van der Waals surface area contributed by atoms with Gasteiger partial charge in [-0.15, -0.1) is 0 Å². The maximum Gasteiger partial charge on any atom is 0.247 e. The van der Waals surface area contributed by atoms with Gasteiger partial charge in [-0.25, -0.2) is 0 Å². The number of aldehydes is 1. The molecule has 3 atom stereocenters. The Morgan fingerprint density at radius 2 is 1.98 bits per heavy atom. The minimum absolute atomic E-state index is 0.0373. The molecule has 1 aliphatic carbocycles. The summed E-state index contributed by atoms with van der Waals surface area (Å²) in [5.74, 6) is -0.107. The van der Waals surface area contributed by atoms with Gasteiger partial charge in [-0.05, 0) is 64.9 Å². The molecule has 2 amide bonds. The second kappa shape index (κ2) is 15.0. The molecule has 0 heterocycles. The molecule has 0 fully saturated rings. The molecule has 0 saturated heterocycles. The number of nitrogens with one attached hydrogen (secondary N) is 1. The van der Waals surface area contributed by atoms with E-state index in [0.29, 0.717) is 37.4 Å². The number of carbonyl (C=O) groups is 3. The van der Waals surface area contributed by atoms with Crippen LogP contribution >= 0.6 is 45.8 Å². The van der Waals surface area contributed by atoms with Crippen molar-refractivity contribution in [3.63, 3.8) is 0 Å². The first kappa shape index (κ1) is 32.1. The fourth-order valence-electron chi connectivity index (χ4n) is 4.42. The van der Waals surface area contributed by atoms with Crippen molar-refractivity contribution in [1.29, 1.82) is 0 Å². The number of halogens is 3. The fraction of sp³-hybridized carbons (Fsp3) is 0.393. The molecular formula is C28H31Cl2IN2O7. The third kappa shape index (κ3) is 7.88. The third-order valence-corrected chi connectivity index (χ3v) is 7.92. The zero-order chi connectivity index (χ0) is 29.4. The van der Waals surface area contributed by atoms with Gasteiger partial charge in [0.05, 0.1) is 33.4 Å². The molecular weight excluding hydrogens is 674 g/mol. The van der Waals surface area contributed by atoms with Crippen LogP contribution in [0, 0.1) is 3.57 Å². The van der Waals surface area contributed by atoms with E-state index >= 15 is 0 Å². The summed E-state index contributed by atoms with van der Waals surface area (Å²) in [4.78, 5) is 39.3. The van der Waals surface area contributed by atoms with E-state index in [2.05, 4.69) is 5.32 Å². The first-order valence-electron chi connectivity index (χ1n) is 12.6. The minimum Gasteiger partial charge on any atom is -0.493 e. The van der Waals surface area contributed by atoms with E-state index < -0.39 is 24.2 Å². The molecule has 0 bridgehead atoms. The van der Waals surface area contributed by atoms with Gasteiger partial charge in [0, 0.05) is 37.1 Å². The predicted octanol–water partition coefficient (Wildman–Crippen LogP) is 4.16. The maximum atomic E-state index is 13.4. The van der Waals surface area contributed by atoms with Gasteiger partial charge in [0.2, 0.25) is 11.8 Å². The van der Waals surface area contributed by atoms with Crippen molar-refractivity contribution >= 4 is 63.9 Å². The van der Waals surface area contributed by atoms with Crippen LogP contribution in [0.4, 0.5) is 0 Å². The molecule has 1 aliphatic rings. The van der Waals surface area contributed by atoms with Crippen LogP contribution in [0.2, 0.25) is 10.0 Å². The molecule has 9 nitrogen and oxygen atoms in total. The molecule has 0 saturated carbocycles. The van der Waals surface area contributed by atoms with E-state index in [1.165, 1.54) is 24.2 Å². The lowest BCUT2D eigenvalue weighted by molar-refractivity contribution is -0.139. The second-order valence-corrected chi connectivity index (χ2v) is 11.2. The fourth-order valence-corrected chi connectivity index (χ4v) is 5.49. The highest BCUT2D eigenvalue weighted by atomic mass is 127. The summed E-state index contributed by atoms with van der Waals surface area (Å²) in [5.41, 5.74) is 1.37. The minimum atomic E-state index is -1.23. The van der Waals surface area contributed by atoms with Gasteiger partial charge in [-0.3, -0.25) is 14.4 Å². The van der Waals surface area contributed by atoms with Crippen molar-refractivity contribution in [2.75, 3.05) is 20.3 Å². The average molecular weight is 705 g/mol. The standard InChI is InChI=1S/C28H31Cl2IN2O7/c1-3-4-25(36)33(14-16-5-6-19(29)20(30)9-16)22-12-18(28(38)32-7-8-34)13-23(26(22)37)40-27-21(31)10-17(15-35)11-24(27)39-2/h5-6,9-11,13,15,22-23,26,34,37H,3-4,7-8,12,14H2,1-2H3,(H,32,38)/t22-,23+,26+/m1/s1. The number of rotatable bonds is 12. The number of amides is 2. The van der Waals surface area contributed by atoms with E-state index in [9.17, 15) is 24.6 Å². The van der Waals surface area contributed by atoms with E-state index in [-0.39, 0.29) is 55.5 Å². The maximum absolute atomic E-state index is 13.4. The smallest absolute Gasteiger partial charge is 0.247 e. The van der Waals surface area contributed by atoms with Crippen molar-refractivity contribution in [2.45, 2.75) is 51.0 Å². The lowest BCUT2D eigenvalue weighted by Gasteiger charge is -2.41. The SMILES string of the molecule is CCCC(=O)N(Cc1ccc(Cl)c(Cl)c1)[C@@H]1CC(C(=O)NCCO)=C[C@H](Oc2c(I)cc(C=O)cc2OC)[C@H]1O. The Hall–Kier alpha value is -2.38. The number of aliphatic hydroxyl groups is 2. The number of nitrogens with zero attached hydrogens (tertiary/aromatic N) is 1. The molecule has 0 aliphatic heterocycles. The number of methoxy groups -OCH3 is 1. The Bertz CT molecular complexity index is 1270. The van der Waals surface area contributed by atoms with Crippen molar-refractivity contribution < 1.29 is 34.1 Å². The highest BCUT2D eigenvalue weighted by Crippen LogP contribution is 2.37. The summed E-state index contributed by atoms with van der Waals surface area (Å²) in [6, 6.07) is 7.32. The summed E-state index contributed by atoms with van der Waals surface area (Å²) in [5, 5.41) is 24.1. The topological polar surface area (TPSA) is 125 Å². The Morgan fingerprint density at radius 1 is 1.23 bits per heavy atom. The molecule has 3 rings (SSSR count). The van der Waals surface area contributed by atoms with Crippen LogP contribution in [0.25, 0.3) is 0 Å². The van der Waals surface area contributed by atoms with E-state index in [0.717, 1.165) is 0 Å². The Balaban J connectivity index is 2.05. The summed E-state index contributed by atoms with van der Waals surface area (Å²) >= 11 is 14.3. The first-order valence-corrected chi connectivity index (χ1v) is 14.5. The number of benzene rings is 2. The molecule has 3 N–H and O–H groups in total. The van der Waals surface area contributed by atoms with Gasteiger partial charge in [0.15, 0.2) is 11.5 Å². The van der Waals surface area contributed by atoms with Crippen LogP contribution in [0.15, 0.2) is 42.0 Å². The predicted molar refractivity (Wildman–Crippen MR) is 160 cm³/mol. The molecule has 40 heavy (non-hydrogen) atoms. The zero-order valence-corrected chi connectivity index (χ0v) is 25.7. The van der Waals surface area contributed by atoms with Crippen LogP contribution in [0.3, 0.4) is 0 Å². The quantitative estimate of drug-likeness (QED) is 0.224. The van der Waals surface area contributed by atoms with Gasteiger partial charge in [-0.2, -0.15) is 0 Å². The Kier molecular flexibility index (Phi) is 12.1. The van der Waals surface area contributed by atoms with Gasteiger partial charge in [0.1, 0.15) is 18.5 Å². The zero-order valence-electron chi connectivity index (χ0n) is 22.0. The summed E-state index contributed by atoms with van der Waals surface area (Å²) in [6.45, 7) is 1.78. The highest BCUT2D eigenvalue weighted by Gasteiger charge is 2.40. The number of aliphatic hydroxyl groups excluding tert-OH is 2. The van der Waals surface area contributed by atoms with Crippen LogP contribution in [0.1, 0.15) is 42.1 Å². The number of ether oxygens (including phenoxy) is 2. The molecule has 0 radical (unpaired) electrons. The number of carbonyl (C=O) groups excluding carboxylic acids is 3. The molecule has 0 unspecified atom stereocenters. The first-order chi connectivity index (χ1) is 19.1. The largest absolute Gasteiger partial charge is 0.493 e. The Labute approximate surface area is 256 Å². The average Bonchev–Trinajstić information content (AvgIpc) is 2.94.